The van der Waals surface area contributed by atoms with Crippen LogP contribution >= 0.6 is 35.0 Å². The Balaban J connectivity index is 1.68. The topological polar surface area (TPSA) is 15.3 Å². The van der Waals surface area contributed by atoms with Crippen molar-refractivity contribution in [2.45, 2.75) is 43.4 Å². The van der Waals surface area contributed by atoms with Gasteiger partial charge in [-0.05, 0) is 61.5 Å². The van der Waals surface area contributed by atoms with Crippen molar-refractivity contribution in [3.8, 4) is 0 Å². The fraction of sp³-hybridized carbons (Fsp3) is 0.455. The summed E-state index contributed by atoms with van der Waals surface area (Å²) >= 11 is 14.0. The molecule has 1 heterocycles. The molecule has 1 saturated carbocycles. The molecule has 1 aromatic rings. The molecule has 0 unspecified atom stereocenters. The predicted molar refractivity (Wildman–Crippen MR) is 119 cm³/mol. The second-order valence-corrected chi connectivity index (χ2v) is 9.29. The molecular formula is C22H28Cl2N2S. The van der Waals surface area contributed by atoms with Gasteiger partial charge in [-0.1, -0.05) is 60.5 Å². The molecule has 3 rings (SSSR count). The van der Waals surface area contributed by atoms with Gasteiger partial charge in [0.15, 0.2) is 0 Å². The van der Waals surface area contributed by atoms with Crippen molar-refractivity contribution in [2.75, 3.05) is 20.1 Å². The number of halogens is 2. The summed E-state index contributed by atoms with van der Waals surface area (Å²) in [6.07, 6.45) is 14.5. The van der Waals surface area contributed by atoms with Crippen LogP contribution in [0.3, 0.4) is 0 Å². The molecule has 146 valence electrons. The normalized spacial score (nSPS) is 20.2. The van der Waals surface area contributed by atoms with Gasteiger partial charge in [-0.3, -0.25) is 0 Å². The van der Waals surface area contributed by atoms with E-state index in [1.807, 2.05) is 25.3 Å². The van der Waals surface area contributed by atoms with Crippen LogP contribution in [-0.4, -0.2) is 25.0 Å². The van der Waals surface area contributed by atoms with Crippen LogP contribution < -0.4 is 5.32 Å². The van der Waals surface area contributed by atoms with E-state index in [0.717, 1.165) is 23.0 Å². The fourth-order valence-electron chi connectivity index (χ4n) is 4.18. The Labute approximate surface area is 177 Å². The number of rotatable bonds is 6. The highest BCUT2D eigenvalue weighted by Crippen LogP contribution is 2.46. The second kappa shape index (κ2) is 9.45. The quantitative estimate of drug-likeness (QED) is 0.397. The lowest BCUT2D eigenvalue weighted by Crippen LogP contribution is -2.37. The number of benzene rings is 1. The van der Waals surface area contributed by atoms with Crippen LogP contribution in [0.5, 0.6) is 0 Å². The minimum atomic E-state index is 0.577. The molecule has 2 fully saturated rings. The maximum atomic E-state index is 6.32. The molecule has 2 nitrogen and oxygen atoms in total. The average Bonchev–Trinajstić information content (AvgIpc) is 3.14. The van der Waals surface area contributed by atoms with Crippen LogP contribution in [-0.2, 0) is 0 Å². The molecule has 0 atom stereocenters. The van der Waals surface area contributed by atoms with Gasteiger partial charge in [0.2, 0.25) is 0 Å². The van der Waals surface area contributed by atoms with Gasteiger partial charge in [-0.2, -0.15) is 0 Å². The highest BCUT2D eigenvalue weighted by molar-refractivity contribution is 8.03. The zero-order valence-electron chi connectivity index (χ0n) is 15.9. The SMILES string of the molecule is C=C/C(=C\C=C(/NC)Sc1cccc(Cl)c1Cl)N1CCC2(CCCC2)CC1. The van der Waals surface area contributed by atoms with Crippen molar-refractivity contribution in [1.29, 1.82) is 0 Å². The molecule has 1 aromatic carbocycles. The molecule has 5 heteroatoms. The minimum Gasteiger partial charge on any atom is -0.383 e. The number of piperidine rings is 1. The number of thioether (sulfide) groups is 1. The summed E-state index contributed by atoms with van der Waals surface area (Å²) in [6, 6.07) is 5.70. The Morgan fingerprint density at radius 3 is 2.48 bits per heavy atom. The smallest absolute Gasteiger partial charge is 0.0732 e. The highest BCUT2D eigenvalue weighted by Gasteiger charge is 2.36. The van der Waals surface area contributed by atoms with Gasteiger partial charge < -0.3 is 10.2 Å². The van der Waals surface area contributed by atoms with E-state index >= 15 is 0 Å². The van der Waals surface area contributed by atoms with Crippen LogP contribution in [0.1, 0.15) is 38.5 Å². The molecule has 1 aliphatic carbocycles. The Morgan fingerprint density at radius 2 is 1.85 bits per heavy atom. The Bertz CT molecular complexity index is 726. The predicted octanol–water partition coefficient (Wildman–Crippen LogP) is 6.87. The standard InChI is InChI=1S/C22H28Cl2N2S/c1-3-17(26-15-13-22(14-16-26)11-4-5-12-22)9-10-20(25-2)27-19-8-6-7-18(23)21(19)24/h3,6-10,25H,1,4-5,11-16H2,2H3/b17-9+,20-10+. The summed E-state index contributed by atoms with van der Waals surface area (Å²) in [5, 5.41) is 5.43. The van der Waals surface area contributed by atoms with E-state index in [9.17, 15) is 0 Å². The molecule has 0 radical (unpaired) electrons. The molecule has 1 spiro atoms. The first kappa shape index (κ1) is 20.7. The lowest BCUT2D eigenvalue weighted by atomic mass is 9.77. The zero-order valence-corrected chi connectivity index (χ0v) is 18.3. The average molecular weight is 423 g/mol. The molecule has 1 N–H and O–H groups in total. The van der Waals surface area contributed by atoms with E-state index in [4.69, 9.17) is 23.2 Å². The maximum absolute atomic E-state index is 6.32. The molecular weight excluding hydrogens is 395 g/mol. The Kier molecular flexibility index (Phi) is 7.24. The van der Waals surface area contributed by atoms with Crippen molar-refractivity contribution in [1.82, 2.24) is 10.2 Å². The molecule has 0 bridgehead atoms. The fourth-order valence-corrected chi connectivity index (χ4v) is 5.47. The number of allylic oxidation sites excluding steroid dienone is 3. The monoisotopic (exact) mass is 422 g/mol. The van der Waals surface area contributed by atoms with Crippen molar-refractivity contribution < 1.29 is 0 Å². The first-order valence-corrected chi connectivity index (χ1v) is 11.2. The van der Waals surface area contributed by atoms with Gasteiger partial charge in [0, 0.05) is 30.7 Å². The van der Waals surface area contributed by atoms with Gasteiger partial charge in [0.05, 0.1) is 15.1 Å². The number of nitrogens with zero attached hydrogens (tertiary/aromatic N) is 1. The van der Waals surface area contributed by atoms with Crippen LogP contribution in [0, 0.1) is 5.41 Å². The van der Waals surface area contributed by atoms with Crippen molar-refractivity contribution in [3.05, 3.63) is 63.8 Å². The molecule has 27 heavy (non-hydrogen) atoms. The second-order valence-electron chi connectivity index (χ2n) is 7.42. The third kappa shape index (κ3) is 5.07. The van der Waals surface area contributed by atoms with Crippen molar-refractivity contribution in [3.63, 3.8) is 0 Å². The first-order valence-electron chi connectivity index (χ1n) is 9.66. The van der Waals surface area contributed by atoms with E-state index in [1.54, 1.807) is 17.8 Å². The largest absolute Gasteiger partial charge is 0.383 e. The van der Waals surface area contributed by atoms with E-state index in [2.05, 4.69) is 28.9 Å². The summed E-state index contributed by atoms with van der Waals surface area (Å²) < 4.78 is 0. The van der Waals surface area contributed by atoms with E-state index in [1.165, 1.54) is 44.2 Å². The molecule has 1 aliphatic heterocycles. The third-order valence-electron chi connectivity index (χ3n) is 5.85. The van der Waals surface area contributed by atoms with Gasteiger partial charge in [-0.15, -0.1) is 0 Å². The summed E-state index contributed by atoms with van der Waals surface area (Å²) in [4.78, 5) is 3.41. The summed E-state index contributed by atoms with van der Waals surface area (Å²) in [5.41, 5.74) is 1.82. The van der Waals surface area contributed by atoms with Gasteiger partial charge in [0.1, 0.15) is 0 Å². The van der Waals surface area contributed by atoms with E-state index in [-0.39, 0.29) is 0 Å². The molecule has 1 saturated heterocycles. The summed E-state index contributed by atoms with van der Waals surface area (Å²) in [5.74, 6) is 0. The van der Waals surface area contributed by atoms with Crippen LogP contribution in [0.4, 0.5) is 0 Å². The van der Waals surface area contributed by atoms with Gasteiger partial charge in [0.25, 0.3) is 0 Å². The molecule has 0 aromatic heterocycles. The van der Waals surface area contributed by atoms with Crippen molar-refractivity contribution >= 4 is 35.0 Å². The zero-order chi connectivity index (χ0) is 19.3. The Morgan fingerprint density at radius 1 is 1.15 bits per heavy atom. The molecule has 2 aliphatic rings. The maximum Gasteiger partial charge on any atom is 0.0732 e. The number of hydrogen-bond acceptors (Lipinski definition) is 3. The highest BCUT2D eigenvalue weighted by atomic mass is 35.5. The third-order valence-corrected chi connectivity index (χ3v) is 7.90. The van der Waals surface area contributed by atoms with Crippen molar-refractivity contribution in [2.24, 2.45) is 5.41 Å². The van der Waals surface area contributed by atoms with Gasteiger partial charge >= 0.3 is 0 Å². The first-order chi connectivity index (χ1) is 13.1. The lowest BCUT2D eigenvalue weighted by molar-refractivity contribution is 0.135. The number of nitrogens with one attached hydrogen (secondary N) is 1. The van der Waals surface area contributed by atoms with Gasteiger partial charge in [-0.25, -0.2) is 0 Å². The number of likely N-dealkylation sites (tertiary alicyclic amines) is 1. The summed E-state index contributed by atoms with van der Waals surface area (Å²) in [6.45, 7) is 6.30. The Hall–Kier alpha value is -1.03. The van der Waals surface area contributed by atoms with Crippen LogP contribution in [0.25, 0.3) is 0 Å². The minimum absolute atomic E-state index is 0.577. The van der Waals surface area contributed by atoms with E-state index in [0.29, 0.717) is 15.5 Å². The molecule has 0 amide bonds. The lowest BCUT2D eigenvalue weighted by Gasteiger charge is -2.40. The number of hydrogen-bond donors (Lipinski definition) is 1. The van der Waals surface area contributed by atoms with Crippen LogP contribution in [0.15, 0.2) is 58.6 Å². The van der Waals surface area contributed by atoms with E-state index < -0.39 is 0 Å². The van der Waals surface area contributed by atoms with Crippen LogP contribution in [0.2, 0.25) is 10.0 Å². The summed E-state index contributed by atoms with van der Waals surface area (Å²) in [7, 11) is 1.92.